The molecule has 0 unspecified atom stereocenters. The normalized spacial score (nSPS) is 27.3. The number of fused-ring (bicyclic) bond motifs is 3. The van der Waals surface area contributed by atoms with Gasteiger partial charge < -0.3 is 10.2 Å². The molecule has 0 spiro atoms. The zero-order chi connectivity index (χ0) is 15.8. The molecule has 1 heterocycles. The van der Waals surface area contributed by atoms with Crippen molar-refractivity contribution in [1.29, 1.82) is 0 Å². The smallest absolute Gasteiger partial charge is 0.260 e. The highest BCUT2D eigenvalue weighted by atomic mass is 16.7. The Morgan fingerprint density at radius 3 is 3.04 bits per heavy atom. The summed E-state index contributed by atoms with van der Waals surface area (Å²) in [6.45, 7) is 2.08. The third kappa shape index (κ3) is 2.78. The van der Waals surface area contributed by atoms with Crippen LogP contribution in [0.1, 0.15) is 32.6 Å². The van der Waals surface area contributed by atoms with Gasteiger partial charge in [-0.2, -0.15) is 0 Å². The summed E-state index contributed by atoms with van der Waals surface area (Å²) in [6, 6.07) is 7.73. The van der Waals surface area contributed by atoms with E-state index in [1.807, 2.05) is 24.3 Å². The zero-order valence-corrected chi connectivity index (χ0v) is 13.3. The van der Waals surface area contributed by atoms with Crippen LogP contribution < -0.4 is 10.2 Å². The molecule has 2 fully saturated rings. The standard InChI is InChI=1S/C17H22N4O2/c1-11(14-9-12-6-7-13(14)8-12)18-17(22)10-23-21-16-5-3-2-4-15(16)19-20-21/h2-5,11-14H,6-10H2,1H3,(H,18,22)/t11-,12+,13+,14-/m1/s1. The van der Waals surface area contributed by atoms with Gasteiger partial charge in [-0.3, -0.25) is 4.79 Å². The molecule has 1 N–H and O–H groups in total. The Morgan fingerprint density at radius 1 is 1.39 bits per heavy atom. The van der Waals surface area contributed by atoms with E-state index in [9.17, 15) is 4.79 Å². The first-order valence-corrected chi connectivity index (χ1v) is 8.44. The van der Waals surface area contributed by atoms with E-state index in [1.54, 1.807) is 0 Å². The molecule has 4 rings (SSSR count). The lowest BCUT2D eigenvalue weighted by atomic mass is 9.84. The van der Waals surface area contributed by atoms with Crippen molar-refractivity contribution < 1.29 is 9.63 Å². The van der Waals surface area contributed by atoms with E-state index in [-0.39, 0.29) is 18.6 Å². The third-order valence-electron chi connectivity index (χ3n) is 5.46. The number of rotatable bonds is 5. The molecule has 122 valence electrons. The van der Waals surface area contributed by atoms with Crippen molar-refractivity contribution in [2.24, 2.45) is 17.8 Å². The minimum Gasteiger partial charge on any atom is -0.385 e. The number of para-hydroxylation sites is 1. The van der Waals surface area contributed by atoms with Crippen LogP contribution >= 0.6 is 0 Å². The van der Waals surface area contributed by atoms with Gasteiger partial charge in [0, 0.05) is 6.04 Å². The Bertz CT molecular complexity index is 713. The molecule has 1 aromatic carbocycles. The van der Waals surface area contributed by atoms with E-state index >= 15 is 0 Å². The van der Waals surface area contributed by atoms with E-state index in [0.717, 1.165) is 22.9 Å². The molecule has 23 heavy (non-hydrogen) atoms. The van der Waals surface area contributed by atoms with Crippen LogP contribution in [0.5, 0.6) is 0 Å². The largest absolute Gasteiger partial charge is 0.385 e. The fraction of sp³-hybridized carbons (Fsp3) is 0.588. The Kier molecular flexibility index (Phi) is 3.67. The predicted octanol–water partition coefficient (Wildman–Crippen LogP) is 1.80. The zero-order valence-electron chi connectivity index (χ0n) is 13.3. The monoisotopic (exact) mass is 314 g/mol. The number of carbonyl (C=O) groups excluding carboxylic acids is 1. The van der Waals surface area contributed by atoms with Crippen LogP contribution in [0.2, 0.25) is 0 Å². The molecule has 1 aromatic heterocycles. The lowest BCUT2D eigenvalue weighted by Gasteiger charge is -2.28. The summed E-state index contributed by atoms with van der Waals surface area (Å²) < 4.78 is 0. The molecule has 0 radical (unpaired) electrons. The molecule has 4 atom stereocenters. The maximum atomic E-state index is 12.2. The van der Waals surface area contributed by atoms with E-state index < -0.39 is 0 Å². The average molecular weight is 314 g/mol. The van der Waals surface area contributed by atoms with Gasteiger partial charge in [0.1, 0.15) is 11.0 Å². The lowest BCUT2D eigenvalue weighted by molar-refractivity contribution is -0.127. The van der Waals surface area contributed by atoms with Gasteiger partial charge in [0.2, 0.25) is 0 Å². The highest BCUT2D eigenvalue weighted by Crippen LogP contribution is 2.49. The summed E-state index contributed by atoms with van der Waals surface area (Å²) in [4.78, 5) is 18.9. The van der Waals surface area contributed by atoms with Crippen LogP contribution in [0.25, 0.3) is 11.0 Å². The van der Waals surface area contributed by atoms with Crippen molar-refractivity contribution in [2.45, 2.75) is 38.6 Å². The molecule has 0 saturated heterocycles. The number of benzene rings is 1. The van der Waals surface area contributed by atoms with Gasteiger partial charge in [-0.1, -0.05) is 23.4 Å². The molecule has 6 heteroatoms. The summed E-state index contributed by atoms with van der Waals surface area (Å²) in [6.07, 6.45) is 5.33. The van der Waals surface area contributed by atoms with Crippen molar-refractivity contribution >= 4 is 16.9 Å². The van der Waals surface area contributed by atoms with Gasteiger partial charge in [-0.15, -0.1) is 5.10 Å². The van der Waals surface area contributed by atoms with Gasteiger partial charge in [0.05, 0.1) is 0 Å². The number of hydrogen-bond acceptors (Lipinski definition) is 4. The minimum atomic E-state index is -0.0974. The highest BCUT2D eigenvalue weighted by Gasteiger charge is 2.42. The molecule has 2 aliphatic rings. The van der Waals surface area contributed by atoms with E-state index in [1.165, 1.54) is 30.5 Å². The number of carbonyl (C=O) groups is 1. The quantitative estimate of drug-likeness (QED) is 0.914. The van der Waals surface area contributed by atoms with Crippen molar-refractivity contribution in [1.82, 2.24) is 20.5 Å². The topological polar surface area (TPSA) is 69.0 Å². The van der Waals surface area contributed by atoms with Crippen LogP contribution in [0.4, 0.5) is 0 Å². The number of nitrogens with zero attached hydrogens (tertiary/aromatic N) is 3. The Balaban J connectivity index is 1.32. The first-order valence-electron chi connectivity index (χ1n) is 8.44. The third-order valence-corrected chi connectivity index (χ3v) is 5.46. The Labute approximate surface area is 135 Å². The summed E-state index contributed by atoms with van der Waals surface area (Å²) in [5, 5.41) is 11.0. The summed E-state index contributed by atoms with van der Waals surface area (Å²) in [5.41, 5.74) is 1.52. The molecule has 1 amide bonds. The SMILES string of the molecule is C[C@@H](NC(=O)COn1nnc2ccccc21)[C@H]1C[C@H]2CC[C@H]1C2. The average Bonchev–Trinajstić information content (AvgIpc) is 3.28. The van der Waals surface area contributed by atoms with Gasteiger partial charge in [-0.05, 0) is 61.3 Å². The van der Waals surface area contributed by atoms with Gasteiger partial charge in [0.15, 0.2) is 6.61 Å². The molecular formula is C17H22N4O2. The van der Waals surface area contributed by atoms with Gasteiger partial charge in [0.25, 0.3) is 5.91 Å². The van der Waals surface area contributed by atoms with Crippen molar-refractivity contribution in [3.05, 3.63) is 24.3 Å². The molecule has 0 aliphatic heterocycles. The van der Waals surface area contributed by atoms with E-state index in [0.29, 0.717) is 5.92 Å². The number of nitrogens with one attached hydrogen (secondary N) is 1. The van der Waals surface area contributed by atoms with Crippen LogP contribution in [-0.2, 0) is 4.79 Å². The molecule has 2 saturated carbocycles. The first-order chi connectivity index (χ1) is 11.2. The van der Waals surface area contributed by atoms with Crippen molar-refractivity contribution in [3.63, 3.8) is 0 Å². The van der Waals surface area contributed by atoms with Crippen LogP contribution in [0, 0.1) is 17.8 Å². The Hall–Kier alpha value is -2.11. The highest BCUT2D eigenvalue weighted by molar-refractivity contribution is 5.78. The van der Waals surface area contributed by atoms with Crippen molar-refractivity contribution in [3.8, 4) is 0 Å². The maximum Gasteiger partial charge on any atom is 0.260 e. The predicted molar refractivity (Wildman–Crippen MR) is 85.5 cm³/mol. The minimum absolute atomic E-state index is 0.0431. The molecule has 2 bridgehead atoms. The second-order valence-electron chi connectivity index (χ2n) is 6.92. The summed E-state index contributed by atoms with van der Waals surface area (Å²) in [5.74, 6) is 2.22. The second kappa shape index (κ2) is 5.83. The maximum absolute atomic E-state index is 12.2. The molecule has 2 aromatic rings. The summed E-state index contributed by atoms with van der Waals surface area (Å²) >= 11 is 0. The molecular weight excluding hydrogens is 292 g/mol. The van der Waals surface area contributed by atoms with Crippen LogP contribution in [-0.4, -0.2) is 33.7 Å². The molecule has 6 nitrogen and oxygen atoms in total. The Morgan fingerprint density at radius 2 is 2.26 bits per heavy atom. The van der Waals surface area contributed by atoms with E-state index in [4.69, 9.17) is 4.84 Å². The van der Waals surface area contributed by atoms with Crippen molar-refractivity contribution in [2.75, 3.05) is 6.61 Å². The summed E-state index contributed by atoms with van der Waals surface area (Å²) in [7, 11) is 0. The fourth-order valence-electron chi connectivity index (χ4n) is 4.37. The second-order valence-corrected chi connectivity index (χ2v) is 6.92. The number of aromatic nitrogens is 3. The van der Waals surface area contributed by atoms with Gasteiger partial charge >= 0.3 is 0 Å². The number of amides is 1. The van der Waals surface area contributed by atoms with Gasteiger partial charge in [-0.25, -0.2) is 0 Å². The first kappa shape index (κ1) is 14.5. The van der Waals surface area contributed by atoms with E-state index in [2.05, 4.69) is 22.6 Å². The molecule has 2 aliphatic carbocycles. The number of hydrogen-bond donors (Lipinski definition) is 1. The van der Waals surface area contributed by atoms with Crippen LogP contribution in [0.15, 0.2) is 24.3 Å². The fourth-order valence-corrected chi connectivity index (χ4v) is 4.37. The lowest BCUT2D eigenvalue weighted by Crippen LogP contribution is -2.43. The van der Waals surface area contributed by atoms with Crippen LogP contribution in [0.3, 0.4) is 0 Å².